The minimum Gasteiger partial charge on any atom is -0.387 e. The molecule has 2 rings (SSSR count). The molecule has 1 N–H and O–H groups in total. The van der Waals surface area contributed by atoms with Crippen LogP contribution in [0.5, 0.6) is 0 Å². The van der Waals surface area contributed by atoms with Crippen molar-refractivity contribution < 1.29 is 5.11 Å². The van der Waals surface area contributed by atoms with Gasteiger partial charge in [0.1, 0.15) is 0 Å². The van der Waals surface area contributed by atoms with Crippen LogP contribution >= 0.6 is 0 Å². The number of rotatable bonds is 6. The number of piperazine rings is 1. The SMILES string of the molecule is CCCN1CCN(C(C)C(O)c2ccc(CC)cc2)CC1. The summed E-state index contributed by atoms with van der Waals surface area (Å²) in [5, 5.41) is 10.6. The molecule has 3 nitrogen and oxygen atoms in total. The van der Waals surface area contributed by atoms with Gasteiger partial charge in [-0.3, -0.25) is 4.90 Å². The molecule has 1 fully saturated rings. The Balaban J connectivity index is 1.91. The Morgan fingerprint density at radius 1 is 1.05 bits per heavy atom. The Labute approximate surface area is 129 Å². The molecule has 118 valence electrons. The highest BCUT2D eigenvalue weighted by molar-refractivity contribution is 5.25. The fourth-order valence-corrected chi connectivity index (χ4v) is 3.14. The Morgan fingerprint density at radius 2 is 1.67 bits per heavy atom. The molecule has 21 heavy (non-hydrogen) atoms. The van der Waals surface area contributed by atoms with Crippen LogP contribution in [0.15, 0.2) is 24.3 Å². The third-order valence-corrected chi connectivity index (χ3v) is 4.71. The van der Waals surface area contributed by atoms with Crippen LogP contribution in [0.4, 0.5) is 0 Å². The van der Waals surface area contributed by atoms with E-state index in [0.29, 0.717) is 0 Å². The van der Waals surface area contributed by atoms with E-state index >= 15 is 0 Å². The van der Waals surface area contributed by atoms with Crippen LogP contribution in [-0.4, -0.2) is 53.7 Å². The second kappa shape index (κ2) is 7.92. The summed E-state index contributed by atoms with van der Waals surface area (Å²) >= 11 is 0. The zero-order chi connectivity index (χ0) is 15.2. The van der Waals surface area contributed by atoms with Crippen molar-refractivity contribution in [1.29, 1.82) is 0 Å². The van der Waals surface area contributed by atoms with Crippen molar-refractivity contribution in [2.45, 2.75) is 45.8 Å². The Morgan fingerprint density at radius 3 is 2.19 bits per heavy atom. The van der Waals surface area contributed by atoms with E-state index in [1.54, 1.807) is 0 Å². The van der Waals surface area contributed by atoms with E-state index in [1.807, 2.05) is 0 Å². The van der Waals surface area contributed by atoms with Crippen LogP contribution in [0.25, 0.3) is 0 Å². The van der Waals surface area contributed by atoms with Crippen LogP contribution < -0.4 is 0 Å². The second-order valence-corrected chi connectivity index (χ2v) is 6.16. The number of aliphatic hydroxyl groups excluding tert-OH is 1. The fourth-order valence-electron chi connectivity index (χ4n) is 3.14. The van der Waals surface area contributed by atoms with Gasteiger partial charge in [-0.15, -0.1) is 0 Å². The van der Waals surface area contributed by atoms with Crippen molar-refractivity contribution in [1.82, 2.24) is 9.80 Å². The Hall–Kier alpha value is -0.900. The predicted octanol–water partition coefficient (Wildman–Crippen LogP) is 2.70. The number of nitrogens with zero attached hydrogens (tertiary/aromatic N) is 2. The zero-order valence-corrected chi connectivity index (χ0v) is 13.8. The number of hydrogen-bond donors (Lipinski definition) is 1. The summed E-state index contributed by atoms with van der Waals surface area (Å²) in [5.74, 6) is 0. The van der Waals surface area contributed by atoms with Gasteiger partial charge in [-0.05, 0) is 37.4 Å². The zero-order valence-electron chi connectivity index (χ0n) is 13.8. The van der Waals surface area contributed by atoms with E-state index in [1.165, 1.54) is 18.5 Å². The quantitative estimate of drug-likeness (QED) is 0.872. The van der Waals surface area contributed by atoms with Crippen molar-refractivity contribution in [2.24, 2.45) is 0 Å². The van der Waals surface area contributed by atoms with Crippen LogP contribution in [-0.2, 0) is 6.42 Å². The highest BCUT2D eigenvalue weighted by atomic mass is 16.3. The molecule has 0 aromatic heterocycles. The van der Waals surface area contributed by atoms with E-state index in [4.69, 9.17) is 0 Å². The van der Waals surface area contributed by atoms with Gasteiger partial charge < -0.3 is 10.0 Å². The summed E-state index contributed by atoms with van der Waals surface area (Å²) in [5.41, 5.74) is 2.36. The first-order valence-electron chi connectivity index (χ1n) is 8.39. The smallest absolute Gasteiger partial charge is 0.0942 e. The van der Waals surface area contributed by atoms with E-state index in [0.717, 1.165) is 38.2 Å². The molecule has 0 amide bonds. The average Bonchev–Trinajstić information content (AvgIpc) is 2.54. The fraction of sp³-hybridized carbons (Fsp3) is 0.667. The minimum absolute atomic E-state index is 0.182. The van der Waals surface area contributed by atoms with Gasteiger partial charge in [0.25, 0.3) is 0 Å². The number of benzene rings is 1. The molecule has 3 heteroatoms. The molecular weight excluding hydrogens is 260 g/mol. The highest BCUT2D eigenvalue weighted by Crippen LogP contribution is 2.22. The van der Waals surface area contributed by atoms with Gasteiger partial charge in [-0.25, -0.2) is 0 Å². The average molecular weight is 290 g/mol. The van der Waals surface area contributed by atoms with Gasteiger partial charge in [0.05, 0.1) is 6.10 Å². The molecule has 1 aliphatic heterocycles. The minimum atomic E-state index is -0.395. The standard InChI is InChI=1S/C18H30N2O/c1-4-10-19-11-13-20(14-12-19)15(3)18(21)17-8-6-16(5-2)7-9-17/h6-9,15,18,21H,4-5,10-14H2,1-3H3. The molecule has 0 aliphatic carbocycles. The lowest BCUT2D eigenvalue weighted by molar-refractivity contribution is 0.0262. The summed E-state index contributed by atoms with van der Waals surface area (Å²) in [6, 6.07) is 8.59. The van der Waals surface area contributed by atoms with Crippen molar-refractivity contribution >= 4 is 0 Å². The van der Waals surface area contributed by atoms with Crippen LogP contribution in [0.3, 0.4) is 0 Å². The normalized spacial score (nSPS) is 20.4. The predicted molar refractivity (Wildman–Crippen MR) is 88.5 cm³/mol. The van der Waals surface area contributed by atoms with Crippen molar-refractivity contribution in [2.75, 3.05) is 32.7 Å². The van der Waals surface area contributed by atoms with Crippen molar-refractivity contribution in [3.05, 3.63) is 35.4 Å². The Bertz CT molecular complexity index is 410. The van der Waals surface area contributed by atoms with Gasteiger partial charge in [-0.1, -0.05) is 38.1 Å². The number of hydrogen-bond acceptors (Lipinski definition) is 3. The van der Waals surface area contributed by atoms with Gasteiger partial charge in [0.15, 0.2) is 0 Å². The van der Waals surface area contributed by atoms with Gasteiger partial charge in [0, 0.05) is 32.2 Å². The number of aliphatic hydroxyl groups is 1. The first-order chi connectivity index (χ1) is 10.2. The summed E-state index contributed by atoms with van der Waals surface area (Å²) in [6.07, 6.45) is 1.88. The largest absolute Gasteiger partial charge is 0.387 e. The van der Waals surface area contributed by atoms with Crippen molar-refractivity contribution in [3.63, 3.8) is 0 Å². The lowest BCUT2D eigenvalue weighted by atomic mass is 10.00. The summed E-state index contributed by atoms with van der Waals surface area (Å²) < 4.78 is 0. The summed E-state index contributed by atoms with van der Waals surface area (Å²) in [4.78, 5) is 4.94. The molecular formula is C18H30N2O. The van der Waals surface area contributed by atoms with Gasteiger partial charge in [0.2, 0.25) is 0 Å². The van der Waals surface area contributed by atoms with E-state index in [2.05, 4.69) is 54.8 Å². The summed E-state index contributed by atoms with van der Waals surface area (Å²) in [7, 11) is 0. The third-order valence-electron chi connectivity index (χ3n) is 4.71. The van der Waals surface area contributed by atoms with Gasteiger partial charge in [-0.2, -0.15) is 0 Å². The van der Waals surface area contributed by atoms with E-state index < -0.39 is 6.10 Å². The monoisotopic (exact) mass is 290 g/mol. The van der Waals surface area contributed by atoms with E-state index in [-0.39, 0.29) is 6.04 Å². The molecule has 1 aromatic rings. The first kappa shape index (κ1) is 16.5. The molecule has 1 saturated heterocycles. The molecule has 0 radical (unpaired) electrons. The molecule has 0 bridgehead atoms. The van der Waals surface area contributed by atoms with Crippen molar-refractivity contribution in [3.8, 4) is 0 Å². The van der Waals surface area contributed by atoms with Gasteiger partial charge >= 0.3 is 0 Å². The topological polar surface area (TPSA) is 26.7 Å². The Kier molecular flexibility index (Phi) is 6.22. The second-order valence-electron chi connectivity index (χ2n) is 6.16. The molecule has 1 aromatic carbocycles. The molecule has 0 saturated carbocycles. The molecule has 1 heterocycles. The first-order valence-corrected chi connectivity index (χ1v) is 8.39. The molecule has 2 atom stereocenters. The molecule has 2 unspecified atom stereocenters. The number of aryl methyl sites for hydroxylation is 1. The molecule has 0 spiro atoms. The lowest BCUT2D eigenvalue weighted by Crippen LogP contribution is -2.51. The third kappa shape index (κ3) is 4.29. The highest BCUT2D eigenvalue weighted by Gasteiger charge is 2.26. The summed E-state index contributed by atoms with van der Waals surface area (Å²) in [6.45, 7) is 12.1. The maximum Gasteiger partial charge on any atom is 0.0942 e. The van der Waals surface area contributed by atoms with Crippen LogP contribution in [0, 0.1) is 0 Å². The lowest BCUT2D eigenvalue weighted by Gasteiger charge is -2.39. The van der Waals surface area contributed by atoms with Crippen LogP contribution in [0.1, 0.15) is 44.4 Å². The maximum atomic E-state index is 10.6. The molecule has 1 aliphatic rings. The van der Waals surface area contributed by atoms with E-state index in [9.17, 15) is 5.11 Å². The maximum absolute atomic E-state index is 10.6. The van der Waals surface area contributed by atoms with Crippen LogP contribution in [0.2, 0.25) is 0 Å².